The van der Waals surface area contributed by atoms with Gasteiger partial charge in [-0.25, -0.2) is 0 Å². The van der Waals surface area contributed by atoms with Crippen LogP contribution in [-0.4, -0.2) is 76.1 Å². The highest BCUT2D eigenvalue weighted by Gasteiger charge is 2.17. The molecule has 2 saturated heterocycles. The molecule has 0 amide bonds. The Morgan fingerprint density at radius 3 is 2.92 bits per heavy atom. The first-order chi connectivity index (χ1) is 12.8. The molecule has 2 heterocycles. The van der Waals surface area contributed by atoms with Crippen LogP contribution in [0, 0.1) is 5.92 Å². The molecule has 2 unspecified atom stereocenters. The Morgan fingerprint density at radius 2 is 2.15 bits per heavy atom. The zero-order valence-corrected chi connectivity index (χ0v) is 17.0. The smallest absolute Gasteiger partial charge is 0.191 e. The van der Waals surface area contributed by atoms with Gasteiger partial charge in [0, 0.05) is 51.4 Å². The van der Waals surface area contributed by atoms with Crippen molar-refractivity contribution in [2.24, 2.45) is 10.9 Å². The molecule has 2 fully saturated rings. The van der Waals surface area contributed by atoms with Gasteiger partial charge in [0.2, 0.25) is 0 Å². The normalized spacial score (nSPS) is 24.8. The van der Waals surface area contributed by atoms with Gasteiger partial charge < -0.3 is 25.0 Å². The van der Waals surface area contributed by atoms with E-state index in [9.17, 15) is 0 Å². The van der Waals surface area contributed by atoms with Crippen molar-refractivity contribution in [3.05, 3.63) is 0 Å². The van der Waals surface area contributed by atoms with Gasteiger partial charge in [-0.2, -0.15) is 0 Å². The van der Waals surface area contributed by atoms with Crippen LogP contribution in [0.4, 0.5) is 0 Å². The second-order valence-corrected chi connectivity index (χ2v) is 7.58. The van der Waals surface area contributed by atoms with Gasteiger partial charge in [-0.3, -0.25) is 4.99 Å². The lowest BCUT2D eigenvalue weighted by molar-refractivity contribution is 0.0893. The average molecular weight is 369 g/mol. The van der Waals surface area contributed by atoms with E-state index in [1.54, 1.807) is 0 Å². The first kappa shape index (κ1) is 21.5. The number of piperidine rings is 1. The maximum atomic E-state index is 5.74. The third-order valence-electron chi connectivity index (χ3n) is 5.29. The highest BCUT2D eigenvalue weighted by Crippen LogP contribution is 2.16. The summed E-state index contributed by atoms with van der Waals surface area (Å²) in [5.41, 5.74) is 0. The Morgan fingerprint density at radius 1 is 1.23 bits per heavy atom. The summed E-state index contributed by atoms with van der Waals surface area (Å²) in [5, 5.41) is 6.80. The topological polar surface area (TPSA) is 58.1 Å². The van der Waals surface area contributed by atoms with Gasteiger partial charge in [0.1, 0.15) is 0 Å². The van der Waals surface area contributed by atoms with Crippen LogP contribution in [0.2, 0.25) is 0 Å². The third-order valence-corrected chi connectivity index (χ3v) is 5.29. The molecule has 6 heteroatoms. The standard InChI is InChI=1S/C20H40N4O2/c1-3-21-20(22-10-6-13-24-12-5-4-8-18(24)2)23-11-7-14-25-16-19-9-15-26-17-19/h18-19H,3-17H2,1-2H3,(H2,21,22,23). The molecule has 0 saturated carbocycles. The van der Waals surface area contributed by atoms with Gasteiger partial charge >= 0.3 is 0 Å². The van der Waals surface area contributed by atoms with Crippen LogP contribution in [0.15, 0.2) is 4.99 Å². The summed E-state index contributed by atoms with van der Waals surface area (Å²) < 4.78 is 11.1. The van der Waals surface area contributed by atoms with Crippen LogP contribution < -0.4 is 10.6 Å². The lowest BCUT2D eigenvalue weighted by atomic mass is 10.0. The molecule has 2 rings (SSSR count). The molecule has 6 nitrogen and oxygen atoms in total. The summed E-state index contributed by atoms with van der Waals surface area (Å²) in [7, 11) is 0. The molecule has 26 heavy (non-hydrogen) atoms. The van der Waals surface area contributed by atoms with Crippen LogP contribution in [0.3, 0.4) is 0 Å². The minimum Gasteiger partial charge on any atom is -0.381 e. The van der Waals surface area contributed by atoms with Crippen molar-refractivity contribution in [3.8, 4) is 0 Å². The van der Waals surface area contributed by atoms with Crippen LogP contribution in [-0.2, 0) is 9.47 Å². The van der Waals surface area contributed by atoms with Gasteiger partial charge in [0.15, 0.2) is 5.96 Å². The van der Waals surface area contributed by atoms with E-state index < -0.39 is 0 Å². The first-order valence-corrected chi connectivity index (χ1v) is 10.7. The monoisotopic (exact) mass is 368 g/mol. The predicted molar refractivity (Wildman–Crippen MR) is 108 cm³/mol. The second kappa shape index (κ2) is 13.3. The summed E-state index contributed by atoms with van der Waals surface area (Å²) in [6, 6.07) is 0.751. The summed E-state index contributed by atoms with van der Waals surface area (Å²) in [6.45, 7) is 13.0. The quantitative estimate of drug-likeness (QED) is 0.333. The Hall–Kier alpha value is -0.850. The van der Waals surface area contributed by atoms with E-state index in [4.69, 9.17) is 9.47 Å². The molecule has 0 aromatic heterocycles. The lowest BCUT2D eigenvalue weighted by Gasteiger charge is -2.33. The summed E-state index contributed by atoms with van der Waals surface area (Å²) in [5.74, 6) is 1.53. The van der Waals surface area contributed by atoms with Gasteiger partial charge in [-0.15, -0.1) is 0 Å². The van der Waals surface area contributed by atoms with Gasteiger partial charge in [-0.1, -0.05) is 6.42 Å². The number of ether oxygens (including phenoxy) is 2. The van der Waals surface area contributed by atoms with Gasteiger partial charge in [0.25, 0.3) is 0 Å². The fourth-order valence-electron chi connectivity index (χ4n) is 3.64. The van der Waals surface area contributed by atoms with Crippen molar-refractivity contribution in [1.82, 2.24) is 15.5 Å². The van der Waals surface area contributed by atoms with Crippen molar-refractivity contribution < 1.29 is 9.47 Å². The Kier molecular flexibility index (Phi) is 11.0. The molecule has 0 aromatic carbocycles. The van der Waals surface area contributed by atoms with Crippen LogP contribution >= 0.6 is 0 Å². The molecule has 2 N–H and O–H groups in total. The van der Waals surface area contributed by atoms with Crippen molar-refractivity contribution in [1.29, 1.82) is 0 Å². The first-order valence-electron chi connectivity index (χ1n) is 10.7. The molecule has 0 radical (unpaired) electrons. The average Bonchev–Trinajstić information content (AvgIpc) is 3.16. The Bertz CT molecular complexity index is 386. The zero-order chi connectivity index (χ0) is 18.5. The Balaban J connectivity index is 1.52. The number of likely N-dealkylation sites (tertiary alicyclic amines) is 1. The number of nitrogens with zero attached hydrogens (tertiary/aromatic N) is 2. The number of aliphatic imine (C=N–C) groups is 1. The highest BCUT2D eigenvalue weighted by molar-refractivity contribution is 5.79. The second-order valence-electron chi connectivity index (χ2n) is 7.58. The minimum absolute atomic E-state index is 0.597. The predicted octanol–water partition coefficient (Wildman–Crippen LogP) is 2.25. The molecule has 0 aromatic rings. The number of rotatable bonds is 11. The number of hydrogen-bond acceptors (Lipinski definition) is 4. The fraction of sp³-hybridized carbons (Fsp3) is 0.950. The van der Waals surface area contributed by atoms with Crippen LogP contribution in [0.5, 0.6) is 0 Å². The zero-order valence-electron chi connectivity index (χ0n) is 17.0. The van der Waals surface area contributed by atoms with Crippen molar-refractivity contribution in [3.63, 3.8) is 0 Å². The number of hydrogen-bond donors (Lipinski definition) is 2. The van der Waals surface area contributed by atoms with E-state index >= 15 is 0 Å². The third kappa shape index (κ3) is 8.69. The molecular formula is C20H40N4O2. The van der Waals surface area contributed by atoms with Crippen molar-refractivity contribution in [2.75, 3.05) is 59.2 Å². The lowest BCUT2D eigenvalue weighted by Crippen LogP contribution is -2.41. The molecule has 2 atom stereocenters. The molecule has 0 bridgehead atoms. The van der Waals surface area contributed by atoms with E-state index in [2.05, 4.69) is 34.4 Å². The van der Waals surface area contributed by atoms with E-state index in [1.807, 2.05) is 0 Å². The van der Waals surface area contributed by atoms with Crippen molar-refractivity contribution >= 4 is 5.96 Å². The highest BCUT2D eigenvalue weighted by atomic mass is 16.5. The van der Waals surface area contributed by atoms with Gasteiger partial charge in [-0.05, 0) is 52.5 Å². The largest absolute Gasteiger partial charge is 0.381 e. The molecule has 0 spiro atoms. The molecular weight excluding hydrogens is 328 g/mol. The van der Waals surface area contributed by atoms with Crippen LogP contribution in [0.1, 0.15) is 52.4 Å². The fourth-order valence-corrected chi connectivity index (χ4v) is 3.64. The van der Waals surface area contributed by atoms with Crippen LogP contribution in [0.25, 0.3) is 0 Å². The van der Waals surface area contributed by atoms with Gasteiger partial charge in [0.05, 0.1) is 13.2 Å². The maximum absolute atomic E-state index is 5.74. The number of guanidine groups is 1. The van der Waals surface area contributed by atoms with E-state index in [0.717, 1.165) is 70.9 Å². The molecule has 2 aliphatic heterocycles. The molecule has 152 valence electrons. The minimum atomic E-state index is 0.597. The SMILES string of the molecule is CCNC(=NCCCOCC1CCOC1)NCCCN1CCCCC1C. The summed E-state index contributed by atoms with van der Waals surface area (Å²) >= 11 is 0. The number of nitrogens with one attached hydrogen (secondary N) is 2. The van der Waals surface area contributed by atoms with E-state index in [0.29, 0.717) is 5.92 Å². The van der Waals surface area contributed by atoms with E-state index in [-0.39, 0.29) is 0 Å². The van der Waals surface area contributed by atoms with E-state index in [1.165, 1.54) is 38.8 Å². The molecule has 0 aliphatic carbocycles. The van der Waals surface area contributed by atoms with Crippen molar-refractivity contribution in [2.45, 2.75) is 58.4 Å². The summed E-state index contributed by atoms with van der Waals surface area (Å²) in [6.07, 6.45) is 7.38. The summed E-state index contributed by atoms with van der Waals surface area (Å²) in [4.78, 5) is 7.29. The maximum Gasteiger partial charge on any atom is 0.191 e. The Labute approximate surface area is 160 Å². The molecule has 2 aliphatic rings.